The Balaban J connectivity index is 1.81. The predicted octanol–water partition coefficient (Wildman–Crippen LogP) is 1.10. The molecule has 3 heterocycles. The Kier molecular flexibility index (Phi) is 3.59. The van der Waals surface area contributed by atoms with Gasteiger partial charge in [0.25, 0.3) is 11.8 Å². The normalized spacial score (nSPS) is 19.7. The van der Waals surface area contributed by atoms with Crippen molar-refractivity contribution in [3.63, 3.8) is 0 Å². The van der Waals surface area contributed by atoms with E-state index in [1.807, 2.05) is 0 Å². The molecule has 2 aromatic rings. The van der Waals surface area contributed by atoms with Gasteiger partial charge >= 0.3 is 0 Å². The summed E-state index contributed by atoms with van der Waals surface area (Å²) in [6.07, 6.45) is 2.49. The van der Waals surface area contributed by atoms with E-state index in [0.29, 0.717) is 5.52 Å². The summed E-state index contributed by atoms with van der Waals surface area (Å²) < 4.78 is 29.4. The number of halogens is 2. The van der Waals surface area contributed by atoms with Crippen molar-refractivity contribution in [3.8, 4) is 0 Å². The zero-order valence-electron chi connectivity index (χ0n) is 12.1. The molecule has 1 aliphatic rings. The zero-order valence-corrected chi connectivity index (χ0v) is 12.1. The number of rotatable bonds is 3. The minimum Gasteiger partial charge on any atom is -0.340 e. The monoisotopic (exact) mass is 320 g/mol. The van der Waals surface area contributed by atoms with Crippen molar-refractivity contribution in [1.29, 1.82) is 0 Å². The van der Waals surface area contributed by atoms with Gasteiger partial charge in [-0.1, -0.05) is 12.6 Å². The van der Waals surface area contributed by atoms with Gasteiger partial charge in [-0.3, -0.25) is 9.59 Å². The Morgan fingerprint density at radius 3 is 2.91 bits per heavy atom. The van der Waals surface area contributed by atoms with Gasteiger partial charge in [-0.05, 0) is 24.3 Å². The number of alkyl halides is 2. The molecule has 0 aliphatic carbocycles. The smallest absolute Gasteiger partial charge is 0.286 e. The van der Waals surface area contributed by atoms with Crippen LogP contribution >= 0.6 is 0 Å². The Hall–Kier alpha value is -2.77. The van der Waals surface area contributed by atoms with Crippen molar-refractivity contribution in [2.24, 2.45) is 0 Å². The summed E-state index contributed by atoms with van der Waals surface area (Å²) >= 11 is 0. The largest absolute Gasteiger partial charge is 0.340 e. The fourth-order valence-electron chi connectivity index (χ4n) is 2.58. The third-order valence-electron chi connectivity index (χ3n) is 3.76. The maximum absolute atomic E-state index is 14.0. The van der Waals surface area contributed by atoms with Crippen LogP contribution in [0.5, 0.6) is 0 Å². The van der Waals surface area contributed by atoms with Crippen LogP contribution in [-0.4, -0.2) is 51.4 Å². The van der Waals surface area contributed by atoms with Crippen LogP contribution in [-0.2, 0) is 4.79 Å². The molecule has 1 fully saturated rings. The highest BCUT2D eigenvalue weighted by atomic mass is 19.3. The average molecular weight is 320 g/mol. The first kappa shape index (κ1) is 15.1. The second-order valence-electron chi connectivity index (χ2n) is 5.29. The molecule has 1 aliphatic heterocycles. The molecule has 120 valence electrons. The molecular formula is C15H14F2N4O2. The van der Waals surface area contributed by atoms with Gasteiger partial charge in [-0.15, -0.1) is 0 Å². The quantitative estimate of drug-likeness (QED) is 0.861. The second-order valence-corrected chi connectivity index (χ2v) is 5.29. The van der Waals surface area contributed by atoms with Crippen molar-refractivity contribution in [2.45, 2.75) is 12.0 Å². The van der Waals surface area contributed by atoms with Crippen LogP contribution in [0.2, 0.25) is 0 Å². The first-order chi connectivity index (χ1) is 10.9. The van der Waals surface area contributed by atoms with Crippen LogP contribution in [0.25, 0.3) is 5.52 Å². The van der Waals surface area contributed by atoms with Crippen LogP contribution in [0.3, 0.4) is 0 Å². The molecular weight excluding hydrogens is 306 g/mol. The van der Waals surface area contributed by atoms with E-state index in [9.17, 15) is 18.4 Å². The number of carbonyl (C=O) groups excluding carboxylic acids is 2. The number of fused-ring (bicyclic) bond motifs is 1. The fourth-order valence-corrected chi connectivity index (χ4v) is 2.58. The maximum Gasteiger partial charge on any atom is 0.286 e. The van der Waals surface area contributed by atoms with Gasteiger partial charge in [0, 0.05) is 6.54 Å². The maximum atomic E-state index is 14.0. The highest BCUT2D eigenvalue weighted by Crippen LogP contribution is 2.28. The lowest BCUT2D eigenvalue weighted by atomic mass is 10.2. The molecule has 6 nitrogen and oxygen atoms in total. The lowest BCUT2D eigenvalue weighted by Gasteiger charge is -2.18. The molecule has 0 radical (unpaired) electrons. The van der Waals surface area contributed by atoms with E-state index in [-0.39, 0.29) is 12.2 Å². The van der Waals surface area contributed by atoms with Crippen molar-refractivity contribution < 1.29 is 18.4 Å². The van der Waals surface area contributed by atoms with Gasteiger partial charge < -0.3 is 10.2 Å². The summed E-state index contributed by atoms with van der Waals surface area (Å²) in [5.41, 5.74) is 0.830. The van der Waals surface area contributed by atoms with E-state index >= 15 is 0 Å². The average Bonchev–Trinajstić information content (AvgIpc) is 3.10. The number of hydrogen-bond acceptors (Lipinski definition) is 3. The van der Waals surface area contributed by atoms with Crippen LogP contribution in [0.4, 0.5) is 8.78 Å². The summed E-state index contributed by atoms with van der Waals surface area (Å²) in [5, 5.41) is 6.30. The van der Waals surface area contributed by atoms with E-state index < -0.39 is 30.3 Å². The van der Waals surface area contributed by atoms with Gasteiger partial charge in [-0.25, -0.2) is 13.3 Å². The Morgan fingerprint density at radius 1 is 1.39 bits per heavy atom. The minimum atomic E-state index is -3.20. The molecule has 1 N–H and O–H groups in total. The molecule has 1 atom stereocenters. The van der Waals surface area contributed by atoms with Crippen LogP contribution < -0.4 is 5.32 Å². The Labute approximate surface area is 130 Å². The van der Waals surface area contributed by atoms with E-state index in [1.54, 1.807) is 18.2 Å². The summed E-state index contributed by atoms with van der Waals surface area (Å²) in [5.74, 6) is -4.46. The fraction of sp³-hybridized carbons (Fsp3) is 0.267. The molecule has 23 heavy (non-hydrogen) atoms. The summed E-state index contributed by atoms with van der Waals surface area (Å²) in [4.78, 5) is 24.8. The van der Waals surface area contributed by atoms with Crippen molar-refractivity contribution in [3.05, 3.63) is 48.8 Å². The van der Waals surface area contributed by atoms with E-state index in [4.69, 9.17) is 0 Å². The summed E-state index contributed by atoms with van der Waals surface area (Å²) in [7, 11) is 0. The van der Waals surface area contributed by atoms with Crippen molar-refractivity contribution in [2.75, 3.05) is 13.1 Å². The first-order valence-corrected chi connectivity index (χ1v) is 6.95. The zero-order chi connectivity index (χ0) is 16.6. The van der Waals surface area contributed by atoms with Gasteiger partial charge in [0.1, 0.15) is 11.7 Å². The number of nitrogens with one attached hydrogen (secondary N) is 1. The highest BCUT2D eigenvalue weighted by molar-refractivity contribution is 5.93. The predicted molar refractivity (Wildman–Crippen MR) is 78.2 cm³/mol. The molecule has 8 heteroatoms. The number of amides is 2. The lowest BCUT2D eigenvalue weighted by Crippen LogP contribution is -2.47. The topological polar surface area (TPSA) is 66.7 Å². The van der Waals surface area contributed by atoms with E-state index in [0.717, 1.165) is 11.0 Å². The molecule has 0 saturated carbocycles. The van der Waals surface area contributed by atoms with E-state index in [1.165, 1.54) is 16.8 Å². The first-order valence-electron chi connectivity index (χ1n) is 6.95. The highest BCUT2D eigenvalue weighted by Gasteiger charge is 2.50. The van der Waals surface area contributed by atoms with Gasteiger partial charge in [0.15, 0.2) is 0 Å². The van der Waals surface area contributed by atoms with Gasteiger partial charge in [0.2, 0.25) is 5.91 Å². The lowest BCUT2D eigenvalue weighted by molar-refractivity contribution is -0.126. The molecule has 1 saturated heterocycles. The summed E-state index contributed by atoms with van der Waals surface area (Å²) in [6.45, 7) is 2.27. The Morgan fingerprint density at radius 2 is 2.17 bits per heavy atom. The van der Waals surface area contributed by atoms with Crippen molar-refractivity contribution >= 4 is 17.3 Å². The minimum absolute atomic E-state index is 0.150. The molecule has 1 unspecified atom stereocenters. The van der Waals surface area contributed by atoms with Gasteiger partial charge in [-0.2, -0.15) is 5.10 Å². The van der Waals surface area contributed by atoms with Gasteiger partial charge in [0.05, 0.1) is 18.3 Å². The third kappa shape index (κ3) is 2.67. The number of hydrogen-bond donors (Lipinski definition) is 1. The molecule has 3 rings (SSSR count). The molecule has 2 amide bonds. The number of pyridine rings is 1. The number of likely N-dealkylation sites (tertiary alicyclic amines) is 1. The van der Waals surface area contributed by atoms with Crippen LogP contribution in [0.15, 0.2) is 43.1 Å². The molecule has 2 aromatic heterocycles. The number of aromatic nitrogens is 2. The molecule has 0 spiro atoms. The second kappa shape index (κ2) is 5.45. The van der Waals surface area contributed by atoms with Crippen molar-refractivity contribution in [1.82, 2.24) is 19.8 Å². The SMILES string of the molecule is C=CC(=O)N1CC(NC(=O)c2cccc3ccnn23)C(F)(F)C1. The van der Waals surface area contributed by atoms with Crippen LogP contribution in [0, 0.1) is 0 Å². The number of carbonyl (C=O) groups is 2. The van der Waals surface area contributed by atoms with Crippen LogP contribution in [0.1, 0.15) is 10.5 Å². The molecule has 0 bridgehead atoms. The standard InChI is InChI=1S/C15H14F2N4O2/c1-2-13(22)20-8-12(15(16,17)9-20)19-14(23)11-5-3-4-10-6-7-18-21(10)11/h2-7,12H,1,8-9H2,(H,19,23). The van der Waals surface area contributed by atoms with E-state index in [2.05, 4.69) is 17.0 Å². The Bertz CT molecular complexity index is 787. The molecule has 0 aromatic carbocycles. The third-order valence-corrected chi connectivity index (χ3v) is 3.76. The number of nitrogens with zero attached hydrogens (tertiary/aromatic N) is 3. The summed E-state index contributed by atoms with van der Waals surface area (Å²) in [6, 6.07) is 5.13.